The van der Waals surface area contributed by atoms with E-state index in [1.54, 1.807) is 0 Å². The molecule has 0 saturated carbocycles. The normalized spacial score (nSPS) is 17.1. The number of carboxylic acid groups (broad SMARTS) is 1. The number of ether oxygens (including phenoxy) is 1. The van der Waals surface area contributed by atoms with Crippen LogP contribution in [0.5, 0.6) is 0 Å². The van der Waals surface area contributed by atoms with Crippen molar-refractivity contribution >= 4 is 17.7 Å². The molecule has 0 aliphatic carbocycles. The summed E-state index contributed by atoms with van der Waals surface area (Å²) < 4.78 is 5.98. The van der Waals surface area contributed by atoms with Crippen molar-refractivity contribution < 1.29 is 19.4 Å². The van der Waals surface area contributed by atoms with E-state index < -0.39 is 17.4 Å². The lowest BCUT2D eigenvalue weighted by Gasteiger charge is -2.39. The number of aryl methyl sites for hydroxylation is 1. The second-order valence-corrected chi connectivity index (χ2v) is 9.99. The molecule has 1 aromatic heterocycles. The third-order valence-electron chi connectivity index (χ3n) is 6.99. The quantitative estimate of drug-likeness (QED) is 0.454. The summed E-state index contributed by atoms with van der Waals surface area (Å²) in [5.41, 5.74) is 2.36. The number of aliphatic carboxylic acids is 1. The fraction of sp³-hybridized carbons (Fsp3) is 0.519. The minimum Gasteiger partial charge on any atom is -0.480 e. The number of likely N-dealkylation sites (tertiary alicyclic amines) is 1. The van der Waals surface area contributed by atoms with E-state index in [0.29, 0.717) is 19.6 Å². The number of fused-ring (bicyclic) bond motifs is 1. The van der Waals surface area contributed by atoms with Gasteiger partial charge in [-0.1, -0.05) is 36.4 Å². The van der Waals surface area contributed by atoms with Crippen molar-refractivity contribution in [3.8, 4) is 0 Å². The highest BCUT2D eigenvalue weighted by Crippen LogP contribution is 2.24. The molecule has 4 rings (SSSR count). The van der Waals surface area contributed by atoms with E-state index in [0.717, 1.165) is 56.0 Å². The maximum atomic E-state index is 12.9. The van der Waals surface area contributed by atoms with Crippen LogP contribution in [0.1, 0.15) is 43.5 Å². The third kappa shape index (κ3) is 6.38. The number of carbonyl (C=O) groups excluding carboxylic acids is 1. The Morgan fingerprint density at radius 1 is 1.23 bits per heavy atom. The van der Waals surface area contributed by atoms with Gasteiger partial charge < -0.3 is 20.5 Å². The second-order valence-electron chi connectivity index (χ2n) is 9.99. The number of hydrogen-bond donors (Lipinski definition) is 3. The number of nitrogens with zero attached hydrogens (tertiary/aromatic N) is 2. The first-order chi connectivity index (χ1) is 16.8. The predicted molar refractivity (Wildman–Crippen MR) is 135 cm³/mol. The maximum absolute atomic E-state index is 12.9. The topological polar surface area (TPSA) is 104 Å². The number of anilines is 1. The Balaban J connectivity index is 1.16. The van der Waals surface area contributed by atoms with Crippen LogP contribution >= 0.6 is 0 Å². The maximum Gasteiger partial charge on any atom is 0.326 e. The van der Waals surface area contributed by atoms with Crippen LogP contribution in [0.15, 0.2) is 42.5 Å². The number of carbonyl (C=O) groups is 2. The van der Waals surface area contributed by atoms with Gasteiger partial charge in [-0.15, -0.1) is 0 Å². The van der Waals surface area contributed by atoms with Crippen LogP contribution in [0, 0.1) is 0 Å². The SMILES string of the molecule is CC(C)(C(=O)NC(CCN1CC(OCCc2ccc3c(n2)NCCC3)C1)C(=O)O)c1ccccc1. The van der Waals surface area contributed by atoms with E-state index in [1.165, 1.54) is 5.56 Å². The van der Waals surface area contributed by atoms with Crippen molar-refractivity contribution in [1.29, 1.82) is 0 Å². The number of pyridine rings is 1. The van der Waals surface area contributed by atoms with Crippen LogP contribution in [-0.2, 0) is 32.6 Å². The molecule has 0 bridgehead atoms. The van der Waals surface area contributed by atoms with Crippen LogP contribution < -0.4 is 10.6 Å². The Labute approximate surface area is 207 Å². The first-order valence-electron chi connectivity index (χ1n) is 12.5. The monoisotopic (exact) mass is 480 g/mol. The molecule has 1 amide bonds. The van der Waals surface area contributed by atoms with Crippen LogP contribution in [0.4, 0.5) is 5.82 Å². The van der Waals surface area contributed by atoms with Crippen LogP contribution in [0.3, 0.4) is 0 Å². The van der Waals surface area contributed by atoms with Gasteiger partial charge in [0.25, 0.3) is 0 Å². The minimum absolute atomic E-state index is 0.153. The zero-order valence-corrected chi connectivity index (χ0v) is 20.6. The Bertz CT molecular complexity index is 1020. The molecule has 1 fully saturated rings. The molecule has 3 heterocycles. The summed E-state index contributed by atoms with van der Waals surface area (Å²) in [4.78, 5) is 31.5. The fourth-order valence-corrected chi connectivity index (χ4v) is 4.54. The standard InChI is InChI=1S/C27H36N4O4/c1-27(2,20-8-4-3-5-9-20)26(34)30-23(25(32)33)12-15-31-17-22(18-31)35-16-13-21-11-10-19-7-6-14-28-24(19)29-21/h3-5,8-11,22-23H,6-7,12-18H2,1-2H3,(H,28,29)(H,30,34)(H,32,33). The summed E-state index contributed by atoms with van der Waals surface area (Å²) >= 11 is 0. The Morgan fingerprint density at radius 3 is 2.74 bits per heavy atom. The Hall–Kier alpha value is -2.97. The Kier molecular flexibility index (Phi) is 8.03. The third-order valence-corrected chi connectivity index (χ3v) is 6.99. The van der Waals surface area contributed by atoms with Gasteiger partial charge in [0, 0.05) is 38.3 Å². The lowest BCUT2D eigenvalue weighted by atomic mass is 9.83. The molecular weight excluding hydrogens is 444 g/mol. The van der Waals surface area contributed by atoms with Crippen LogP contribution in [0.2, 0.25) is 0 Å². The average Bonchev–Trinajstić information content (AvgIpc) is 2.84. The number of nitrogens with one attached hydrogen (secondary N) is 2. The Morgan fingerprint density at radius 2 is 2.00 bits per heavy atom. The summed E-state index contributed by atoms with van der Waals surface area (Å²) in [5, 5.41) is 15.7. The second kappa shape index (κ2) is 11.2. The number of amides is 1. The molecule has 3 N–H and O–H groups in total. The van der Waals surface area contributed by atoms with Crippen LogP contribution in [-0.4, -0.2) is 71.8 Å². The summed E-state index contributed by atoms with van der Waals surface area (Å²) in [6.07, 6.45) is 3.52. The predicted octanol–water partition coefficient (Wildman–Crippen LogP) is 2.62. The van der Waals surface area contributed by atoms with E-state index >= 15 is 0 Å². The molecule has 1 atom stereocenters. The number of carboxylic acids is 1. The van der Waals surface area contributed by atoms with Crippen LogP contribution in [0.25, 0.3) is 0 Å². The molecule has 0 radical (unpaired) electrons. The van der Waals surface area contributed by atoms with Gasteiger partial charge in [0.1, 0.15) is 11.9 Å². The molecule has 1 unspecified atom stereocenters. The van der Waals surface area contributed by atoms with E-state index in [2.05, 4.69) is 27.7 Å². The highest BCUT2D eigenvalue weighted by Gasteiger charge is 2.34. The lowest BCUT2D eigenvalue weighted by Crippen LogP contribution is -2.54. The fourth-order valence-electron chi connectivity index (χ4n) is 4.54. The average molecular weight is 481 g/mol. The van der Waals surface area contributed by atoms with E-state index in [4.69, 9.17) is 9.72 Å². The molecule has 2 aliphatic rings. The largest absolute Gasteiger partial charge is 0.480 e. The van der Waals surface area contributed by atoms with Gasteiger partial charge >= 0.3 is 5.97 Å². The molecule has 8 nitrogen and oxygen atoms in total. The van der Waals surface area contributed by atoms with Gasteiger partial charge in [0.15, 0.2) is 0 Å². The first kappa shape index (κ1) is 25.1. The van der Waals surface area contributed by atoms with Crippen molar-refractivity contribution in [3.63, 3.8) is 0 Å². The van der Waals surface area contributed by atoms with Crippen molar-refractivity contribution in [2.45, 2.75) is 57.1 Å². The molecule has 1 aromatic carbocycles. The zero-order valence-electron chi connectivity index (χ0n) is 20.6. The van der Waals surface area contributed by atoms with Gasteiger partial charge in [-0.3, -0.25) is 9.69 Å². The van der Waals surface area contributed by atoms with E-state index in [-0.39, 0.29) is 12.0 Å². The summed E-state index contributed by atoms with van der Waals surface area (Å²) in [6.45, 7) is 7.36. The van der Waals surface area contributed by atoms with E-state index in [9.17, 15) is 14.7 Å². The molecule has 2 aliphatic heterocycles. The number of benzene rings is 1. The van der Waals surface area contributed by atoms with Crippen molar-refractivity contribution in [2.24, 2.45) is 0 Å². The van der Waals surface area contributed by atoms with Gasteiger partial charge in [0.2, 0.25) is 5.91 Å². The van der Waals surface area contributed by atoms with Crippen molar-refractivity contribution in [3.05, 3.63) is 59.3 Å². The smallest absolute Gasteiger partial charge is 0.326 e. The molecule has 0 spiro atoms. The number of aromatic nitrogens is 1. The van der Waals surface area contributed by atoms with E-state index in [1.807, 2.05) is 44.2 Å². The van der Waals surface area contributed by atoms with Crippen molar-refractivity contribution in [1.82, 2.24) is 15.2 Å². The van der Waals surface area contributed by atoms with Gasteiger partial charge in [-0.25, -0.2) is 9.78 Å². The first-order valence-corrected chi connectivity index (χ1v) is 12.5. The summed E-state index contributed by atoms with van der Waals surface area (Å²) in [5.74, 6) is -0.287. The van der Waals surface area contributed by atoms with Gasteiger partial charge in [-0.2, -0.15) is 0 Å². The zero-order chi connectivity index (χ0) is 24.8. The molecular formula is C27H36N4O4. The lowest BCUT2D eigenvalue weighted by molar-refractivity contribution is -0.143. The number of hydrogen-bond acceptors (Lipinski definition) is 6. The van der Waals surface area contributed by atoms with Crippen molar-refractivity contribution in [2.75, 3.05) is 38.1 Å². The minimum atomic E-state index is -1.01. The molecule has 35 heavy (non-hydrogen) atoms. The molecule has 188 valence electrons. The summed E-state index contributed by atoms with van der Waals surface area (Å²) in [6, 6.07) is 12.7. The highest BCUT2D eigenvalue weighted by atomic mass is 16.5. The molecule has 8 heteroatoms. The van der Waals surface area contributed by atoms with Gasteiger partial charge in [-0.05, 0) is 50.3 Å². The molecule has 1 saturated heterocycles. The highest BCUT2D eigenvalue weighted by molar-refractivity contribution is 5.90. The molecule has 2 aromatic rings. The number of rotatable bonds is 11. The summed E-state index contributed by atoms with van der Waals surface area (Å²) in [7, 11) is 0. The van der Waals surface area contributed by atoms with Gasteiger partial charge in [0.05, 0.1) is 18.1 Å².